The molecule has 58 valence electrons. The lowest BCUT2D eigenvalue weighted by Crippen LogP contribution is -2.10. The molecular weight excluding hydrogens is 130 g/mol. The molecule has 0 fully saturated rings. The van der Waals surface area contributed by atoms with Crippen LogP contribution in [0.15, 0.2) is 0 Å². The Hall–Kier alpha value is -0.860. The summed E-state index contributed by atoms with van der Waals surface area (Å²) in [4.78, 5) is 20.3. The van der Waals surface area contributed by atoms with Crippen molar-refractivity contribution in [1.29, 1.82) is 0 Å². The molecule has 0 aliphatic heterocycles. The van der Waals surface area contributed by atoms with Crippen molar-refractivity contribution in [2.75, 3.05) is 0 Å². The molecule has 0 bridgehead atoms. The predicted molar refractivity (Wildman–Crippen MR) is 38.3 cm³/mol. The Balaban J connectivity index is 3.19. The fourth-order valence-electron chi connectivity index (χ4n) is 0.666. The number of hydrogen-bond acceptors (Lipinski definition) is 2. The van der Waals surface area contributed by atoms with Gasteiger partial charge in [-0.1, -0.05) is 6.92 Å². The third kappa shape index (κ3) is 5.28. The van der Waals surface area contributed by atoms with Crippen LogP contribution in [0.4, 0.5) is 0 Å². The van der Waals surface area contributed by atoms with Gasteiger partial charge in [-0.15, -0.1) is 0 Å². The quantitative estimate of drug-likeness (QED) is 0.569. The Morgan fingerprint density at radius 2 is 2.30 bits per heavy atom. The van der Waals surface area contributed by atoms with E-state index in [-0.39, 0.29) is 11.8 Å². The maximum atomic E-state index is 10.2. The lowest BCUT2D eigenvalue weighted by atomic mass is 10.1. The number of carbonyl (C=O) groups is 2. The Kier molecular flexibility index (Phi) is 4.54. The zero-order valence-corrected chi connectivity index (χ0v) is 6.17. The summed E-state index contributed by atoms with van der Waals surface area (Å²) in [5.74, 6) is -0.238. The topological polar surface area (TPSA) is 60.2 Å². The van der Waals surface area contributed by atoms with Crippen molar-refractivity contribution in [1.82, 2.24) is 0 Å². The molecule has 0 spiro atoms. The summed E-state index contributed by atoms with van der Waals surface area (Å²) < 4.78 is 0. The van der Waals surface area contributed by atoms with Crippen LogP contribution < -0.4 is 5.73 Å². The molecule has 0 rings (SSSR count). The van der Waals surface area contributed by atoms with Crippen LogP contribution >= 0.6 is 0 Å². The molecule has 0 aromatic heterocycles. The number of aldehydes is 1. The zero-order valence-electron chi connectivity index (χ0n) is 6.17. The van der Waals surface area contributed by atoms with Gasteiger partial charge in [0.15, 0.2) is 0 Å². The molecule has 0 saturated carbocycles. The normalized spacial score (nSPS) is 12.5. The van der Waals surface area contributed by atoms with E-state index in [1.807, 2.05) is 6.92 Å². The number of amides is 1. The summed E-state index contributed by atoms with van der Waals surface area (Å²) in [6.45, 7) is 1.83. The summed E-state index contributed by atoms with van der Waals surface area (Å²) in [5, 5.41) is 0. The van der Waals surface area contributed by atoms with Crippen LogP contribution in [0.25, 0.3) is 0 Å². The van der Waals surface area contributed by atoms with E-state index in [1.54, 1.807) is 0 Å². The van der Waals surface area contributed by atoms with Crippen molar-refractivity contribution in [3.63, 3.8) is 0 Å². The Morgan fingerprint density at radius 1 is 1.70 bits per heavy atom. The van der Waals surface area contributed by atoms with Crippen LogP contribution in [0.2, 0.25) is 0 Å². The molecule has 0 heterocycles. The number of hydrogen-bond donors (Lipinski definition) is 1. The lowest BCUT2D eigenvalue weighted by molar-refractivity contribution is -0.118. The SMILES string of the molecule is CC(C=O)CCCC(N)=O. The van der Waals surface area contributed by atoms with E-state index < -0.39 is 0 Å². The van der Waals surface area contributed by atoms with Crippen molar-refractivity contribution in [2.45, 2.75) is 26.2 Å². The second-order valence-electron chi connectivity index (χ2n) is 2.47. The molecule has 0 aliphatic rings. The van der Waals surface area contributed by atoms with Crippen LogP contribution in [0, 0.1) is 5.92 Å². The van der Waals surface area contributed by atoms with Gasteiger partial charge >= 0.3 is 0 Å². The van der Waals surface area contributed by atoms with Gasteiger partial charge in [0.05, 0.1) is 0 Å². The lowest BCUT2D eigenvalue weighted by Gasteiger charge is -1.99. The van der Waals surface area contributed by atoms with E-state index >= 15 is 0 Å². The largest absolute Gasteiger partial charge is 0.370 e. The minimum absolute atomic E-state index is 0.0550. The van der Waals surface area contributed by atoms with E-state index in [0.29, 0.717) is 6.42 Å². The third-order valence-corrected chi connectivity index (χ3v) is 1.31. The van der Waals surface area contributed by atoms with E-state index in [9.17, 15) is 9.59 Å². The van der Waals surface area contributed by atoms with Gasteiger partial charge in [-0.2, -0.15) is 0 Å². The van der Waals surface area contributed by atoms with Crippen molar-refractivity contribution in [2.24, 2.45) is 11.7 Å². The minimum atomic E-state index is -0.293. The summed E-state index contributed by atoms with van der Waals surface area (Å²) in [5.41, 5.74) is 4.89. The van der Waals surface area contributed by atoms with Crippen molar-refractivity contribution in [3.05, 3.63) is 0 Å². The average Bonchev–Trinajstić information content (AvgIpc) is 1.87. The Morgan fingerprint density at radius 3 is 2.70 bits per heavy atom. The van der Waals surface area contributed by atoms with Gasteiger partial charge in [0.1, 0.15) is 6.29 Å². The maximum Gasteiger partial charge on any atom is 0.217 e. The van der Waals surface area contributed by atoms with Gasteiger partial charge in [-0.25, -0.2) is 0 Å². The molecule has 0 aliphatic carbocycles. The number of carbonyl (C=O) groups excluding carboxylic acids is 2. The molecule has 1 atom stereocenters. The van der Waals surface area contributed by atoms with Gasteiger partial charge in [0, 0.05) is 12.3 Å². The molecule has 1 amide bonds. The summed E-state index contributed by atoms with van der Waals surface area (Å²) >= 11 is 0. The first-order chi connectivity index (χ1) is 4.66. The van der Waals surface area contributed by atoms with Crippen molar-refractivity contribution < 1.29 is 9.59 Å². The Bertz CT molecular complexity index is 123. The second kappa shape index (κ2) is 4.97. The van der Waals surface area contributed by atoms with Gasteiger partial charge in [0.2, 0.25) is 5.91 Å². The highest BCUT2D eigenvalue weighted by molar-refractivity contribution is 5.73. The predicted octanol–water partition coefficient (Wildman–Crippen LogP) is 0.477. The molecule has 0 radical (unpaired) electrons. The fourth-order valence-corrected chi connectivity index (χ4v) is 0.666. The first-order valence-corrected chi connectivity index (χ1v) is 3.40. The average molecular weight is 143 g/mol. The Labute approximate surface area is 60.6 Å². The highest BCUT2D eigenvalue weighted by Crippen LogP contribution is 2.03. The van der Waals surface area contributed by atoms with Crippen LogP contribution in [0.5, 0.6) is 0 Å². The molecule has 0 aromatic rings. The van der Waals surface area contributed by atoms with Gasteiger partial charge in [0.25, 0.3) is 0 Å². The molecule has 0 aromatic carbocycles. The summed E-state index contributed by atoms with van der Waals surface area (Å²) in [6, 6.07) is 0. The smallest absolute Gasteiger partial charge is 0.217 e. The van der Waals surface area contributed by atoms with Crippen LogP contribution in [0.3, 0.4) is 0 Å². The van der Waals surface area contributed by atoms with Crippen molar-refractivity contribution >= 4 is 12.2 Å². The molecular formula is C7H13NO2. The van der Waals surface area contributed by atoms with E-state index in [0.717, 1.165) is 19.1 Å². The first kappa shape index (κ1) is 9.14. The minimum Gasteiger partial charge on any atom is -0.370 e. The summed E-state index contributed by atoms with van der Waals surface area (Å²) in [6.07, 6.45) is 2.75. The third-order valence-electron chi connectivity index (χ3n) is 1.31. The standard InChI is InChI=1S/C7H13NO2/c1-6(5-9)3-2-4-7(8)10/h5-6H,2-4H2,1H3,(H2,8,10). The first-order valence-electron chi connectivity index (χ1n) is 3.40. The molecule has 3 heteroatoms. The second-order valence-corrected chi connectivity index (χ2v) is 2.47. The van der Waals surface area contributed by atoms with Crippen LogP contribution in [-0.2, 0) is 9.59 Å². The molecule has 3 nitrogen and oxygen atoms in total. The van der Waals surface area contributed by atoms with Gasteiger partial charge in [-0.05, 0) is 12.8 Å². The summed E-state index contributed by atoms with van der Waals surface area (Å²) in [7, 11) is 0. The van der Waals surface area contributed by atoms with Crippen LogP contribution in [0.1, 0.15) is 26.2 Å². The number of rotatable bonds is 5. The highest BCUT2D eigenvalue weighted by atomic mass is 16.1. The van der Waals surface area contributed by atoms with Crippen LogP contribution in [-0.4, -0.2) is 12.2 Å². The van der Waals surface area contributed by atoms with E-state index in [1.165, 1.54) is 0 Å². The van der Waals surface area contributed by atoms with E-state index in [4.69, 9.17) is 5.73 Å². The van der Waals surface area contributed by atoms with E-state index in [2.05, 4.69) is 0 Å². The van der Waals surface area contributed by atoms with Gasteiger partial charge < -0.3 is 10.5 Å². The number of primary amides is 1. The highest BCUT2D eigenvalue weighted by Gasteiger charge is 2.00. The molecule has 2 N–H and O–H groups in total. The maximum absolute atomic E-state index is 10.2. The van der Waals surface area contributed by atoms with Gasteiger partial charge in [-0.3, -0.25) is 4.79 Å². The zero-order chi connectivity index (χ0) is 7.98. The monoisotopic (exact) mass is 143 g/mol. The molecule has 0 saturated heterocycles. The molecule has 10 heavy (non-hydrogen) atoms. The fraction of sp³-hybridized carbons (Fsp3) is 0.714. The van der Waals surface area contributed by atoms with Crippen molar-refractivity contribution in [3.8, 4) is 0 Å². The number of nitrogens with two attached hydrogens (primary N) is 1. The molecule has 1 unspecified atom stereocenters.